The summed E-state index contributed by atoms with van der Waals surface area (Å²) in [4.78, 5) is 80.5. The normalized spacial score (nSPS) is 21.3. The predicted octanol–water partition coefficient (Wildman–Crippen LogP) is 16.1. The van der Waals surface area contributed by atoms with Gasteiger partial charge in [0.25, 0.3) is 0 Å². The Kier molecular flexibility index (Phi) is 32.8. The van der Waals surface area contributed by atoms with Crippen LogP contribution in [-0.2, 0) is 109 Å². The maximum absolute atomic E-state index is 14.8. The smallest absolute Gasteiger partial charge is 0.167 e. The van der Waals surface area contributed by atoms with Crippen LogP contribution in [0.5, 0.6) is 0 Å². The van der Waals surface area contributed by atoms with Gasteiger partial charge < -0.3 is 52.9 Å². The van der Waals surface area contributed by atoms with Crippen molar-refractivity contribution in [2.45, 2.75) is 154 Å². The summed E-state index contributed by atoms with van der Waals surface area (Å²) in [7, 11) is -12.0. The summed E-state index contributed by atoms with van der Waals surface area (Å²) in [6.45, 7) is 27.5. The molecule has 0 bridgehead atoms. The van der Waals surface area contributed by atoms with Crippen LogP contribution in [0.3, 0.4) is 0 Å². The lowest BCUT2D eigenvalue weighted by molar-refractivity contribution is 0.0985. The van der Waals surface area contributed by atoms with Gasteiger partial charge in [-0.1, -0.05) is 81.5 Å². The van der Waals surface area contributed by atoms with Crippen LogP contribution in [0.4, 0.5) is 62.6 Å². The van der Waals surface area contributed by atoms with Crippen molar-refractivity contribution in [1.29, 1.82) is 0 Å². The van der Waals surface area contributed by atoms with Crippen molar-refractivity contribution in [1.82, 2.24) is 74.8 Å². The summed E-state index contributed by atoms with van der Waals surface area (Å²) in [6, 6.07) is 17.8. The van der Waals surface area contributed by atoms with Crippen LogP contribution in [-0.4, -0.2) is 298 Å². The molecule has 22 rings (SSSR count). The molecule has 1 saturated carbocycles. The van der Waals surface area contributed by atoms with Gasteiger partial charge in [-0.25, -0.2) is 75.3 Å². The molecule has 4 unspecified atom stereocenters. The molecule has 0 amide bonds. The van der Waals surface area contributed by atoms with Crippen molar-refractivity contribution in [2.75, 3.05) is 186 Å². The Morgan fingerprint density at radius 2 is 0.673 bits per heavy atom. The highest BCUT2D eigenvalue weighted by Gasteiger charge is 2.34. The van der Waals surface area contributed by atoms with Crippen LogP contribution in [0.1, 0.15) is 137 Å². The molecule has 36 nitrogen and oxygen atoms in total. The van der Waals surface area contributed by atoms with Crippen LogP contribution >= 0.6 is 0 Å². The Morgan fingerprint density at radius 3 is 1.00 bits per heavy atom. The molecule has 9 atom stereocenters. The van der Waals surface area contributed by atoms with Gasteiger partial charge in [0, 0.05) is 253 Å². The molecule has 0 N–H and O–H groups in total. The first-order valence-electron chi connectivity index (χ1n) is 50.3. The number of halogens is 1. The second kappa shape index (κ2) is 45.8. The van der Waals surface area contributed by atoms with E-state index in [1.54, 1.807) is 68.4 Å². The van der Waals surface area contributed by atoms with Crippen molar-refractivity contribution in [2.24, 2.45) is 27.7 Å². The number of anilines is 5. The Morgan fingerprint density at radius 1 is 0.367 bits per heavy atom. The van der Waals surface area contributed by atoms with Crippen LogP contribution < -0.4 is 24.5 Å². The van der Waals surface area contributed by atoms with Crippen molar-refractivity contribution < 1.29 is 53.9 Å². The summed E-state index contributed by atoms with van der Waals surface area (Å²) in [5, 5.41) is -0.0617. The Labute approximate surface area is 862 Å². The quantitative estimate of drug-likeness (QED) is 0.0684. The van der Waals surface area contributed by atoms with Crippen molar-refractivity contribution >= 4 is 137 Å². The molecule has 10 aromatic heterocycles. The van der Waals surface area contributed by atoms with Gasteiger partial charge in [0.1, 0.15) is 29.1 Å². The Bertz CT molecular complexity index is 7470. The third kappa shape index (κ3) is 25.7. The first kappa shape index (κ1) is 105. The van der Waals surface area contributed by atoms with E-state index in [-0.39, 0.29) is 52.4 Å². The molecular formula is C105H130FN25O11S5. The molecule has 6 aliphatic carbocycles. The number of pyridine rings is 5. The minimum absolute atomic E-state index is 0.00790. The molecule has 42 heteroatoms. The number of aromatic nitrogens is 15. The highest BCUT2D eigenvalue weighted by atomic mass is 32.2. The topological polar surface area (TPSA) is 412 Å². The Hall–Kier alpha value is -11.7. The highest BCUT2D eigenvalue weighted by Crippen LogP contribution is 2.42. The summed E-state index contributed by atoms with van der Waals surface area (Å²) in [6.07, 6.45) is 46.5. The lowest BCUT2D eigenvalue weighted by Gasteiger charge is -2.34. The number of rotatable bonds is 20. The number of hydrogen-bond acceptors (Lipinski definition) is 36. The van der Waals surface area contributed by atoms with Gasteiger partial charge in [-0.15, -0.1) is 0 Å². The van der Waals surface area contributed by atoms with E-state index in [0.717, 1.165) is 174 Å². The molecule has 6 saturated heterocycles. The van der Waals surface area contributed by atoms with Crippen LogP contribution in [0.25, 0.3) is 87.3 Å². The fourth-order valence-corrected chi connectivity index (χ4v) is 24.2. The van der Waals surface area contributed by atoms with Crippen LogP contribution in [0, 0.1) is 11.7 Å². The highest BCUT2D eigenvalue weighted by molar-refractivity contribution is 7.94. The lowest BCUT2D eigenvalue weighted by atomic mass is 10.1. The molecule has 6 aliphatic heterocycles. The van der Waals surface area contributed by atoms with Crippen molar-refractivity contribution in [3.05, 3.63) is 178 Å². The first-order chi connectivity index (χ1) is 70.6. The maximum Gasteiger partial charge on any atom is 0.167 e. The SMILES string of the molecule is CC(C)S(C)(=O)=Nc1cc(N2CCOC[C@H]2C)nc(-c2ccnc3c2C=CC3)n1.CCS(C)(=O)=Nc1cc(N2CCOC[C@H]2C)nc(-c2ccnc3c2C=CC3)n1.C[C@@H]1COCCN1c1cc(N=S(C)(=O)C2CCOCC2)nc(-c2ccnc3c2C=CC3)n1.C[C@@H]1COCCN1c1cc(N=S(C)(=O)CC2CC2)nc(-c2ccnc3c2C=CC3)n1.C[C@@H]1COCCN1c1cc(N=S(C)(C)=O)nc(-c2c(F)cnc3c2C=CC3)n1. The summed E-state index contributed by atoms with van der Waals surface area (Å²) in [5.41, 5.74) is 13.8. The minimum Gasteiger partial charge on any atom is -0.381 e. The van der Waals surface area contributed by atoms with Crippen molar-refractivity contribution in [3.8, 4) is 56.9 Å². The monoisotopic (exact) mass is 2100 g/mol. The zero-order valence-electron chi connectivity index (χ0n) is 85.9. The van der Waals surface area contributed by atoms with Gasteiger partial charge in [-0.05, 0) is 90.5 Å². The van der Waals surface area contributed by atoms with E-state index in [1.165, 1.54) is 6.20 Å². The second-order valence-corrected chi connectivity index (χ2v) is 52.5. The van der Waals surface area contributed by atoms with Gasteiger partial charge >= 0.3 is 0 Å². The fraction of sp³-hybridized carbons (Fsp3) is 0.476. The summed E-state index contributed by atoms with van der Waals surface area (Å²) >= 11 is 0. The molecule has 16 heterocycles. The van der Waals surface area contributed by atoms with E-state index in [0.29, 0.717) is 173 Å². The fourth-order valence-electron chi connectivity index (χ4n) is 18.9. The number of fused-ring (bicyclic) bond motifs is 5. The number of allylic oxidation sites excluding steroid dienone is 5. The van der Waals surface area contributed by atoms with Crippen LogP contribution in [0.2, 0.25) is 0 Å². The lowest BCUT2D eigenvalue weighted by Crippen LogP contribution is -2.44. The zero-order valence-corrected chi connectivity index (χ0v) is 89.9. The van der Waals surface area contributed by atoms with E-state index in [9.17, 15) is 25.4 Å². The molecule has 12 aliphatic rings. The molecule has 7 fully saturated rings. The van der Waals surface area contributed by atoms with E-state index >= 15 is 0 Å². The summed E-state index contributed by atoms with van der Waals surface area (Å²) in [5.74, 6) is 9.72. The molecular weight excluding hydrogens is 1970 g/mol. The zero-order chi connectivity index (χ0) is 103. The molecule has 147 heavy (non-hydrogen) atoms. The van der Waals surface area contributed by atoms with Gasteiger partial charge in [0.15, 0.2) is 64.0 Å². The van der Waals surface area contributed by atoms with Gasteiger partial charge in [0.05, 0.1) is 175 Å². The molecule has 778 valence electrons. The largest absolute Gasteiger partial charge is 0.381 e. The number of hydrogen-bond donors (Lipinski definition) is 0. The summed E-state index contributed by atoms with van der Waals surface area (Å²) < 4.78 is 135. The third-order valence-corrected chi connectivity index (χ3v) is 35.8. The average molecular weight is 2100 g/mol. The van der Waals surface area contributed by atoms with Crippen molar-refractivity contribution in [3.63, 3.8) is 0 Å². The van der Waals surface area contributed by atoms with Gasteiger partial charge in [0.2, 0.25) is 0 Å². The average Bonchev–Trinajstić information content (AvgIpc) is 1.52. The number of ether oxygens (including phenoxy) is 6. The molecule has 0 aromatic carbocycles. The first-order valence-corrected chi connectivity index (χ1v) is 60.8. The second-order valence-electron chi connectivity index (χ2n) is 39.4. The predicted molar refractivity (Wildman–Crippen MR) is 582 cm³/mol. The molecule has 0 radical (unpaired) electrons. The van der Waals surface area contributed by atoms with E-state index < -0.39 is 54.5 Å². The number of nitrogens with zero attached hydrogens (tertiary/aromatic N) is 25. The van der Waals surface area contributed by atoms with Gasteiger partial charge in [-0.3, -0.25) is 24.9 Å². The minimum atomic E-state index is -2.47. The third-order valence-electron chi connectivity index (χ3n) is 27.3. The number of morpholine rings is 5. The van der Waals surface area contributed by atoms with E-state index in [1.807, 2.05) is 88.4 Å². The van der Waals surface area contributed by atoms with E-state index in [4.69, 9.17) is 67.7 Å². The van der Waals surface area contributed by atoms with Crippen LogP contribution in [0.15, 0.2) is 138 Å². The Balaban J connectivity index is 0.000000120. The standard InChI is InChI=1S/C23H29N5O3S.C22H27N5O2S.C21H27N5O2S.C20H25N5O2S.C19H22FN5O2S/c1-16-15-31-13-10-28(16)22-14-21(27-32(2,29)17-7-11-30-12-8-17)25-23(26-22)19-6-9-24-20-5-3-4-18(19)20;1-15-13-29-11-10-27(15)21-12-20(26-30(2,28)14-16-6-7-16)24-22(25-21)18-8-9-23-19-5-3-4-17(18)19;1-14(2)29(4,27)25-19-12-20(26-10-11-28-13-15(26)3)24-21(23-19)17-8-9-22-18-7-5-6-16(17)18;1-4-28(3,26)24-18-12-19(25-10-11-27-13-14(25)2)23-20(22-18)16-8-9-21-17-7-5-6-15(16)17;1-12-11-27-8-7-25(12)17-9-16(24-28(2,3)26)22-19(23-17)18-13-5-4-6-15(13)21-10-14(18)20/h3-4,6,9,14,16-17H,5,7-8,10-13,15H2,1-2H3;3-4,8-9,12,15-16H,5-7,10-11,13-14H2,1-2H3;5-6,8-9,12,14-15H,7,10-11,13H2,1-4H3;5-6,8-9,12,14H,4,7,10-11,13H2,1-3H3;4-5,9-10,12H,6-8,11H2,1-3H3/t16-,32?;15-,30?;15-,29?;14-,28?;12-/m11111/s1. The molecule has 0 spiro atoms. The van der Waals surface area contributed by atoms with E-state index in [2.05, 4.69) is 158 Å². The maximum atomic E-state index is 14.8. The molecule has 10 aromatic rings. The van der Waals surface area contributed by atoms with Gasteiger partial charge in [-0.2, -0.15) is 21.8 Å².